The molecule has 0 heterocycles. The molecular formula is C11H12ClN5O3. The van der Waals surface area contributed by atoms with Crippen LogP contribution in [-0.4, -0.2) is 23.9 Å². The van der Waals surface area contributed by atoms with Crippen LogP contribution in [0.1, 0.15) is 23.2 Å². The lowest BCUT2D eigenvalue weighted by molar-refractivity contribution is -0.385. The van der Waals surface area contributed by atoms with Crippen molar-refractivity contribution in [2.24, 2.45) is 5.11 Å². The predicted octanol–water partition coefficient (Wildman–Crippen LogP) is 3.07. The molecule has 0 fully saturated rings. The van der Waals surface area contributed by atoms with Crippen LogP contribution in [0.5, 0.6) is 0 Å². The van der Waals surface area contributed by atoms with E-state index in [0.717, 1.165) is 6.07 Å². The first-order valence-corrected chi connectivity index (χ1v) is 6.17. The van der Waals surface area contributed by atoms with E-state index in [1.165, 1.54) is 12.1 Å². The summed E-state index contributed by atoms with van der Waals surface area (Å²) in [6, 6.07) is 3.87. The number of rotatable bonds is 7. The number of nitrogens with zero attached hydrogens (tertiary/aromatic N) is 4. The third-order valence-electron chi connectivity index (χ3n) is 2.43. The van der Waals surface area contributed by atoms with E-state index in [9.17, 15) is 14.9 Å². The fraction of sp³-hybridized carbons (Fsp3) is 0.364. The average molecular weight is 298 g/mol. The van der Waals surface area contributed by atoms with Crippen molar-refractivity contribution in [2.45, 2.75) is 12.8 Å². The number of amides is 1. The fourth-order valence-electron chi connectivity index (χ4n) is 1.50. The summed E-state index contributed by atoms with van der Waals surface area (Å²) in [5.41, 5.74) is 7.72. The molecule has 1 amide bonds. The summed E-state index contributed by atoms with van der Waals surface area (Å²) in [4.78, 5) is 24.6. The smallest absolute Gasteiger partial charge is 0.283 e. The van der Waals surface area contributed by atoms with Gasteiger partial charge < -0.3 is 5.32 Å². The summed E-state index contributed by atoms with van der Waals surface area (Å²) in [6.45, 7) is 0.701. The Morgan fingerprint density at radius 3 is 2.90 bits per heavy atom. The summed E-state index contributed by atoms with van der Waals surface area (Å²) in [5, 5.41) is 17.0. The van der Waals surface area contributed by atoms with E-state index in [4.69, 9.17) is 17.1 Å². The SMILES string of the molecule is [N-]=[N+]=NCCCCNC(=O)c1ccc(Cl)cc1[N+](=O)[O-]. The largest absolute Gasteiger partial charge is 0.352 e. The van der Waals surface area contributed by atoms with Crippen molar-refractivity contribution in [3.63, 3.8) is 0 Å². The minimum Gasteiger partial charge on any atom is -0.352 e. The molecule has 0 atom stereocenters. The normalized spacial score (nSPS) is 9.65. The van der Waals surface area contributed by atoms with Crippen LogP contribution in [0.4, 0.5) is 5.69 Å². The number of nitro groups is 1. The van der Waals surface area contributed by atoms with Crippen LogP contribution in [0.15, 0.2) is 23.3 Å². The standard InChI is InChI=1S/C11H12ClN5O3/c12-8-3-4-9(10(7-8)17(19)20)11(18)14-5-1-2-6-15-16-13/h3-4,7H,1-2,5-6H2,(H,14,18). The molecule has 0 spiro atoms. The summed E-state index contributed by atoms with van der Waals surface area (Å²) in [6.07, 6.45) is 1.25. The van der Waals surface area contributed by atoms with E-state index in [2.05, 4.69) is 15.3 Å². The maximum atomic E-state index is 11.8. The maximum Gasteiger partial charge on any atom is 0.283 e. The van der Waals surface area contributed by atoms with Crippen molar-refractivity contribution in [2.75, 3.05) is 13.1 Å². The van der Waals surface area contributed by atoms with Gasteiger partial charge in [-0.25, -0.2) is 0 Å². The Morgan fingerprint density at radius 2 is 2.25 bits per heavy atom. The van der Waals surface area contributed by atoms with Crippen LogP contribution < -0.4 is 5.32 Å². The van der Waals surface area contributed by atoms with Gasteiger partial charge in [-0.05, 0) is 30.5 Å². The Kier molecular flexibility index (Phi) is 6.28. The number of carbonyl (C=O) groups excluding carboxylic acids is 1. The molecule has 20 heavy (non-hydrogen) atoms. The Hall–Kier alpha value is -2.31. The molecule has 1 aromatic carbocycles. The molecule has 0 aromatic heterocycles. The molecule has 9 heteroatoms. The number of azide groups is 1. The highest BCUT2D eigenvalue weighted by molar-refractivity contribution is 6.31. The van der Waals surface area contributed by atoms with Gasteiger partial charge in [0.05, 0.1) is 4.92 Å². The van der Waals surface area contributed by atoms with E-state index in [1.54, 1.807) is 0 Å². The van der Waals surface area contributed by atoms with E-state index >= 15 is 0 Å². The molecule has 0 unspecified atom stereocenters. The van der Waals surface area contributed by atoms with Crippen LogP contribution in [0.2, 0.25) is 5.02 Å². The van der Waals surface area contributed by atoms with Crippen LogP contribution in [0, 0.1) is 10.1 Å². The highest BCUT2D eigenvalue weighted by Gasteiger charge is 2.19. The van der Waals surface area contributed by atoms with Gasteiger partial charge in [0, 0.05) is 29.1 Å². The molecule has 1 aromatic rings. The van der Waals surface area contributed by atoms with Crippen molar-refractivity contribution < 1.29 is 9.72 Å². The van der Waals surface area contributed by atoms with E-state index in [0.29, 0.717) is 25.9 Å². The number of nitro benzene ring substituents is 1. The molecule has 8 nitrogen and oxygen atoms in total. The summed E-state index contributed by atoms with van der Waals surface area (Å²) < 4.78 is 0. The number of halogens is 1. The number of nitrogens with one attached hydrogen (secondary N) is 1. The van der Waals surface area contributed by atoms with Gasteiger partial charge in [0.15, 0.2) is 0 Å². The van der Waals surface area contributed by atoms with Crippen molar-refractivity contribution >= 4 is 23.2 Å². The number of benzene rings is 1. The number of carbonyl (C=O) groups is 1. The molecule has 0 radical (unpaired) electrons. The molecule has 1 N–H and O–H groups in total. The van der Waals surface area contributed by atoms with Gasteiger partial charge in [-0.2, -0.15) is 0 Å². The average Bonchev–Trinajstić information content (AvgIpc) is 2.42. The molecular weight excluding hydrogens is 286 g/mol. The zero-order valence-corrected chi connectivity index (χ0v) is 11.2. The second-order valence-corrected chi connectivity index (χ2v) is 4.27. The highest BCUT2D eigenvalue weighted by atomic mass is 35.5. The first-order chi connectivity index (χ1) is 9.56. The monoisotopic (exact) mass is 297 g/mol. The van der Waals surface area contributed by atoms with Gasteiger partial charge in [-0.1, -0.05) is 16.7 Å². The molecule has 0 aliphatic carbocycles. The zero-order chi connectivity index (χ0) is 15.0. The minimum atomic E-state index is -0.650. The lowest BCUT2D eigenvalue weighted by Crippen LogP contribution is -2.25. The number of hydrogen-bond acceptors (Lipinski definition) is 4. The van der Waals surface area contributed by atoms with Gasteiger partial charge in [0.1, 0.15) is 5.56 Å². The molecule has 106 valence electrons. The van der Waals surface area contributed by atoms with E-state index in [-0.39, 0.29) is 16.3 Å². The van der Waals surface area contributed by atoms with Crippen molar-refractivity contribution in [3.8, 4) is 0 Å². The Bertz CT molecular complexity index is 557. The van der Waals surface area contributed by atoms with Gasteiger partial charge in [-0.3, -0.25) is 14.9 Å². The summed E-state index contributed by atoms with van der Waals surface area (Å²) >= 11 is 5.67. The summed E-state index contributed by atoms with van der Waals surface area (Å²) in [5.74, 6) is -0.530. The zero-order valence-electron chi connectivity index (χ0n) is 10.5. The number of hydrogen-bond donors (Lipinski definition) is 1. The van der Waals surface area contributed by atoms with Crippen LogP contribution in [0.3, 0.4) is 0 Å². The predicted molar refractivity (Wildman–Crippen MR) is 73.7 cm³/mol. The van der Waals surface area contributed by atoms with Gasteiger partial charge in [0.2, 0.25) is 0 Å². The first kappa shape index (κ1) is 15.7. The van der Waals surface area contributed by atoms with E-state index < -0.39 is 10.8 Å². The topological polar surface area (TPSA) is 121 Å². The van der Waals surface area contributed by atoms with Crippen LogP contribution in [-0.2, 0) is 0 Å². The molecule has 0 aliphatic rings. The Morgan fingerprint density at radius 1 is 1.50 bits per heavy atom. The minimum absolute atomic E-state index is 0.0329. The van der Waals surface area contributed by atoms with Crippen molar-refractivity contribution in [3.05, 3.63) is 49.3 Å². The highest BCUT2D eigenvalue weighted by Crippen LogP contribution is 2.22. The van der Waals surface area contributed by atoms with Crippen LogP contribution >= 0.6 is 11.6 Å². The lowest BCUT2D eigenvalue weighted by Gasteiger charge is -2.05. The van der Waals surface area contributed by atoms with Crippen LogP contribution in [0.25, 0.3) is 10.4 Å². The van der Waals surface area contributed by atoms with Crippen molar-refractivity contribution in [1.29, 1.82) is 0 Å². The molecule has 0 bridgehead atoms. The lowest BCUT2D eigenvalue weighted by atomic mass is 10.1. The second-order valence-electron chi connectivity index (χ2n) is 3.84. The van der Waals surface area contributed by atoms with Gasteiger partial charge in [0.25, 0.3) is 11.6 Å². The van der Waals surface area contributed by atoms with E-state index in [1.807, 2.05) is 0 Å². The first-order valence-electron chi connectivity index (χ1n) is 5.79. The second kappa shape index (κ2) is 7.98. The molecule has 1 rings (SSSR count). The van der Waals surface area contributed by atoms with Crippen molar-refractivity contribution in [1.82, 2.24) is 5.32 Å². The molecule has 0 aliphatic heterocycles. The third-order valence-corrected chi connectivity index (χ3v) is 2.67. The quantitative estimate of drug-likeness (QED) is 0.208. The molecule has 0 saturated heterocycles. The molecule has 0 saturated carbocycles. The maximum absolute atomic E-state index is 11.8. The number of unbranched alkanes of at least 4 members (excludes halogenated alkanes) is 1. The third kappa shape index (κ3) is 4.75. The Labute approximate surface area is 119 Å². The fourth-order valence-corrected chi connectivity index (χ4v) is 1.66. The van der Waals surface area contributed by atoms with Gasteiger partial charge in [-0.15, -0.1) is 0 Å². The Balaban J connectivity index is 2.59. The van der Waals surface area contributed by atoms with Gasteiger partial charge >= 0.3 is 0 Å². The summed E-state index contributed by atoms with van der Waals surface area (Å²) in [7, 11) is 0.